The molecule has 1 heterocycles. The van der Waals surface area contributed by atoms with Gasteiger partial charge in [-0.2, -0.15) is 0 Å². The first-order chi connectivity index (χ1) is 9.45. The topological polar surface area (TPSA) is 104 Å². The highest BCUT2D eigenvalue weighted by molar-refractivity contribution is 5.94. The number of nitrogens with one attached hydrogen (secondary N) is 1. The van der Waals surface area contributed by atoms with Gasteiger partial charge < -0.3 is 20.1 Å². The van der Waals surface area contributed by atoms with Crippen LogP contribution in [0.2, 0.25) is 0 Å². The second-order valence-corrected chi connectivity index (χ2v) is 4.27. The van der Waals surface area contributed by atoms with Crippen LogP contribution in [0, 0.1) is 6.92 Å². The summed E-state index contributed by atoms with van der Waals surface area (Å²) in [5.74, 6) is -1.92. The molecule has 0 saturated carbocycles. The maximum Gasteiger partial charge on any atom is 0.339 e. The van der Waals surface area contributed by atoms with Gasteiger partial charge in [0.1, 0.15) is 17.9 Å². The maximum absolute atomic E-state index is 11.8. The number of carboxylic acids is 1. The van der Waals surface area contributed by atoms with Crippen molar-refractivity contribution in [1.82, 2.24) is 9.55 Å². The second kappa shape index (κ2) is 5.43. The first kappa shape index (κ1) is 13.6. The fraction of sp³-hybridized carbons (Fsp3) is 0.154. The number of aryl methyl sites for hydroxylation is 1. The van der Waals surface area contributed by atoms with Gasteiger partial charge in [-0.15, -0.1) is 0 Å². The van der Waals surface area contributed by atoms with E-state index >= 15 is 0 Å². The van der Waals surface area contributed by atoms with Crippen LogP contribution in [0.25, 0.3) is 0 Å². The van der Waals surface area contributed by atoms with Gasteiger partial charge in [0.2, 0.25) is 5.91 Å². The van der Waals surface area contributed by atoms with E-state index in [1.54, 1.807) is 17.1 Å². The highest BCUT2D eigenvalue weighted by Crippen LogP contribution is 2.21. The third-order valence-corrected chi connectivity index (χ3v) is 2.60. The van der Waals surface area contributed by atoms with Crippen LogP contribution >= 0.6 is 0 Å². The summed E-state index contributed by atoms with van der Waals surface area (Å²) in [7, 11) is 0. The number of aromatic carboxylic acids is 1. The summed E-state index contributed by atoms with van der Waals surface area (Å²) in [5.41, 5.74) is 0.920. The van der Waals surface area contributed by atoms with Crippen LogP contribution < -0.4 is 5.32 Å². The van der Waals surface area contributed by atoms with E-state index in [0.29, 0.717) is 5.69 Å². The molecule has 0 unspecified atom stereocenters. The normalized spacial score (nSPS) is 10.2. The number of anilines is 1. The average molecular weight is 275 g/mol. The number of nitrogens with zero attached hydrogens (tertiary/aromatic N) is 2. The highest BCUT2D eigenvalue weighted by Gasteiger charge is 2.11. The van der Waals surface area contributed by atoms with Crippen molar-refractivity contribution in [2.75, 3.05) is 5.32 Å². The second-order valence-electron chi connectivity index (χ2n) is 4.27. The lowest BCUT2D eigenvalue weighted by atomic mass is 10.2. The fourth-order valence-electron chi connectivity index (χ4n) is 1.71. The molecule has 0 aliphatic heterocycles. The summed E-state index contributed by atoms with van der Waals surface area (Å²) >= 11 is 0. The molecule has 20 heavy (non-hydrogen) atoms. The first-order valence-electron chi connectivity index (χ1n) is 5.80. The molecule has 0 spiro atoms. The zero-order valence-electron chi connectivity index (χ0n) is 10.7. The molecule has 0 saturated heterocycles. The van der Waals surface area contributed by atoms with Crippen molar-refractivity contribution >= 4 is 17.6 Å². The van der Waals surface area contributed by atoms with Crippen molar-refractivity contribution in [1.29, 1.82) is 0 Å². The van der Waals surface area contributed by atoms with Gasteiger partial charge in [-0.3, -0.25) is 4.79 Å². The quantitative estimate of drug-likeness (QED) is 0.778. The molecule has 2 aromatic rings. The SMILES string of the molecule is Cc1cn(CC(=O)Nc2ccc(C(=O)O)c(O)c2)cn1. The lowest BCUT2D eigenvalue weighted by Crippen LogP contribution is -2.17. The summed E-state index contributed by atoms with van der Waals surface area (Å²) in [5, 5.41) is 20.9. The molecule has 1 amide bonds. The third kappa shape index (κ3) is 3.14. The van der Waals surface area contributed by atoms with Gasteiger partial charge in [0.25, 0.3) is 0 Å². The maximum atomic E-state index is 11.8. The minimum absolute atomic E-state index is 0.0856. The Hall–Kier alpha value is -2.83. The fourth-order valence-corrected chi connectivity index (χ4v) is 1.71. The van der Waals surface area contributed by atoms with E-state index < -0.39 is 11.7 Å². The molecule has 7 heteroatoms. The van der Waals surface area contributed by atoms with Gasteiger partial charge in [0, 0.05) is 18.0 Å². The zero-order valence-corrected chi connectivity index (χ0v) is 10.7. The third-order valence-electron chi connectivity index (χ3n) is 2.60. The number of imidazole rings is 1. The Morgan fingerprint density at radius 3 is 2.70 bits per heavy atom. The Labute approximate surface area is 114 Å². The molecule has 0 radical (unpaired) electrons. The lowest BCUT2D eigenvalue weighted by Gasteiger charge is -2.07. The number of phenols is 1. The van der Waals surface area contributed by atoms with Crippen LogP contribution in [0.4, 0.5) is 5.69 Å². The molecular weight excluding hydrogens is 262 g/mol. The monoisotopic (exact) mass is 275 g/mol. The molecule has 0 aliphatic carbocycles. The van der Waals surface area contributed by atoms with Crippen LogP contribution in [0.1, 0.15) is 16.1 Å². The van der Waals surface area contributed by atoms with Gasteiger partial charge in [0.15, 0.2) is 0 Å². The number of carbonyl (C=O) groups excluding carboxylic acids is 1. The smallest absolute Gasteiger partial charge is 0.339 e. The molecule has 1 aromatic carbocycles. The molecule has 104 valence electrons. The molecule has 0 atom stereocenters. The molecule has 2 rings (SSSR count). The molecule has 3 N–H and O–H groups in total. The molecule has 7 nitrogen and oxygen atoms in total. The largest absolute Gasteiger partial charge is 0.507 e. The van der Waals surface area contributed by atoms with Gasteiger partial charge in [-0.05, 0) is 19.1 Å². The number of hydrogen-bond acceptors (Lipinski definition) is 4. The molecule has 0 aliphatic rings. The predicted molar refractivity (Wildman–Crippen MR) is 70.7 cm³/mol. The summed E-state index contributed by atoms with van der Waals surface area (Å²) in [6.45, 7) is 1.90. The van der Waals surface area contributed by atoms with Crippen LogP contribution in [-0.2, 0) is 11.3 Å². The van der Waals surface area contributed by atoms with E-state index in [1.807, 2.05) is 6.92 Å². The van der Waals surface area contributed by atoms with E-state index in [2.05, 4.69) is 10.3 Å². The highest BCUT2D eigenvalue weighted by atomic mass is 16.4. The summed E-state index contributed by atoms with van der Waals surface area (Å²) in [6, 6.07) is 3.84. The zero-order chi connectivity index (χ0) is 14.7. The van der Waals surface area contributed by atoms with Crippen LogP contribution in [0.15, 0.2) is 30.7 Å². The van der Waals surface area contributed by atoms with E-state index in [-0.39, 0.29) is 18.0 Å². The predicted octanol–water partition coefficient (Wildman–Crippen LogP) is 1.23. The summed E-state index contributed by atoms with van der Waals surface area (Å²) < 4.78 is 1.62. The number of aromatic hydroxyl groups is 1. The summed E-state index contributed by atoms with van der Waals surface area (Å²) in [6.07, 6.45) is 3.27. The van der Waals surface area contributed by atoms with E-state index in [4.69, 9.17) is 5.11 Å². The first-order valence-corrected chi connectivity index (χ1v) is 5.80. The van der Waals surface area contributed by atoms with Crippen molar-refractivity contribution in [3.63, 3.8) is 0 Å². The molecular formula is C13H13N3O4. The van der Waals surface area contributed by atoms with Crippen molar-refractivity contribution in [3.05, 3.63) is 42.0 Å². The molecule has 0 fully saturated rings. The average Bonchev–Trinajstić information content (AvgIpc) is 2.74. The van der Waals surface area contributed by atoms with E-state index in [0.717, 1.165) is 5.69 Å². The lowest BCUT2D eigenvalue weighted by molar-refractivity contribution is -0.116. The Morgan fingerprint density at radius 1 is 1.40 bits per heavy atom. The van der Waals surface area contributed by atoms with Crippen molar-refractivity contribution < 1.29 is 19.8 Å². The number of rotatable bonds is 4. The minimum atomic E-state index is -1.23. The van der Waals surface area contributed by atoms with E-state index in [9.17, 15) is 14.7 Å². The molecule has 1 aromatic heterocycles. The van der Waals surface area contributed by atoms with E-state index in [1.165, 1.54) is 18.2 Å². The van der Waals surface area contributed by atoms with Crippen LogP contribution in [0.3, 0.4) is 0 Å². The van der Waals surface area contributed by atoms with Crippen LogP contribution in [-0.4, -0.2) is 31.6 Å². The number of aromatic nitrogens is 2. The van der Waals surface area contributed by atoms with Gasteiger partial charge in [-0.25, -0.2) is 9.78 Å². The van der Waals surface area contributed by atoms with Gasteiger partial charge in [0.05, 0.1) is 12.0 Å². The number of carboxylic acid groups (broad SMARTS) is 1. The number of amides is 1. The number of hydrogen-bond donors (Lipinski definition) is 3. The van der Waals surface area contributed by atoms with Crippen LogP contribution in [0.5, 0.6) is 5.75 Å². The van der Waals surface area contributed by atoms with Gasteiger partial charge >= 0.3 is 5.97 Å². The van der Waals surface area contributed by atoms with Crippen molar-refractivity contribution in [2.24, 2.45) is 0 Å². The minimum Gasteiger partial charge on any atom is -0.507 e. The van der Waals surface area contributed by atoms with Crippen molar-refractivity contribution in [3.8, 4) is 5.75 Å². The Morgan fingerprint density at radius 2 is 2.15 bits per heavy atom. The van der Waals surface area contributed by atoms with Gasteiger partial charge in [-0.1, -0.05) is 0 Å². The Bertz CT molecular complexity index is 663. The Kier molecular flexibility index (Phi) is 3.69. The van der Waals surface area contributed by atoms with Crippen molar-refractivity contribution in [2.45, 2.75) is 13.5 Å². The number of benzene rings is 1. The summed E-state index contributed by atoms with van der Waals surface area (Å²) in [4.78, 5) is 26.5. The standard InChI is InChI=1S/C13H13N3O4/c1-8-5-16(7-14-8)6-12(18)15-9-2-3-10(13(19)20)11(17)4-9/h2-5,7,17H,6H2,1H3,(H,15,18)(H,19,20). The Balaban J connectivity index is 2.04. The number of carbonyl (C=O) groups is 2. The molecule has 0 bridgehead atoms.